The minimum absolute atomic E-state index is 0.261. The Morgan fingerprint density at radius 2 is 2.15 bits per heavy atom. The van der Waals surface area contributed by atoms with E-state index in [4.69, 9.17) is 0 Å². The van der Waals surface area contributed by atoms with Gasteiger partial charge in [0.15, 0.2) is 5.96 Å². The van der Waals surface area contributed by atoms with Gasteiger partial charge < -0.3 is 15.5 Å². The summed E-state index contributed by atoms with van der Waals surface area (Å²) in [5, 5.41) is 10.1. The van der Waals surface area contributed by atoms with Crippen LogP contribution in [0.3, 0.4) is 0 Å². The van der Waals surface area contributed by atoms with E-state index >= 15 is 0 Å². The second kappa shape index (κ2) is 9.35. The molecule has 2 aliphatic rings. The quantitative estimate of drug-likeness (QED) is 0.611. The molecular formula is C19H31N5OS. The zero-order valence-corrected chi connectivity index (χ0v) is 16.8. The van der Waals surface area contributed by atoms with Gasteiger partial charge in [-0.15, -0.1) is 11.3 Å². The second-order valence-corrected chi connectivity index (χ2v) is 8.20. The van der Waals surface area contributed by atoms with Crippen LogP contribution >= 0.6 is 11.3 Å². The van der Waals surface area contributed by atoms with E-state index in [0.717, 1.165) is 55.4 Å². The second-order valence-electron chi connectivity index (χ2n) is 7.26. The SMILES string of the molecule is CCc1nc(CNC(=NC)NC2CCN(C(=O)C3CCCCC3)C2)cs1. The standard InChI is InChI=1S/C19H31N5OS/c1-3-17-22-16(13-26-17)11-21-19(20-2)23-15-9-10-24(12-15)18(25)14-7-5-4-6-8-14/h13-15H,3-12H2,1-2H3,(H2,20,21,23). The Balaban J connectivity index is 1.44. The van der Waals surface area contributed by atoms with Crippen LogP contribution in [0.15, 0.2) is 10.4 Å². The van der Waals surface area contributed by atoms with Gasteiger partial charge in [0.05, 0.1) is 17.2 Å². The molecular weight excluding hydrogens is 346 g/mol. The highest BCUT2D eigenvalue weighted by Gasteiger charge is 2.31. The fraction of sp³-hybridized carbons (Fsp3) is 0.737. The van der Waals surface area contributed by atoms with Crippen LogP contribution in [0.2, 0.25) is 0 Å². The molecule has 1 aromatic rings. The number of nitrogens with zero attached hydrogens (tertiary/aromatic N) is 3. The van der Waals surface area contributed by atoms with E-state index in [2.05, 4.69) is 37.8 Å². The van der Waals surface area contributed by atoms with Crippen molar-refractivity contribution < 1.29 is 4.79 Å². The monoisotopic (exact) mass is 377 g/mol. The lowest BCUT2D eigenvalue weighted by molar-refractivity contribution is -0.135. The highest BCUT2D eigenvalue weighted by atomic mass is 32.1. The number of thiazole rings is 1. The molecule has 0 bridgehead atoms. The third-order valence-corrected chi connectivity index (χ3v) is 6.40. The molecule has 1 amide bonds. The maximum Gasteiger partial charge on any atom is 0.225 e. The lowest BCUT2D eigenvalue weighted by atomic mass is 9.88. The third-order valence-electron chi connectivity index (χ3n) is 5.36. The highest BCUT2D eigenvalue weighted by Crippen LogP contribution is 2.26. The Morgan fingerprint density at radius 1 is 1.35 bits per heavy atom. The molecule has 2 N–H and O–H groups in total. The van der Waals surface area contributed by atoms with Crippen molar-refractivity contribution in [1.82, 2.24) is 20.5 Å². The number of aryl methyl sites for hydroxylation is 1. The number of hydrogen-bond acceptors (Lipinski definition) is 4. The fourth-order valence-electron chi connectivity index (χ4n) is 3.84. The molecule has 2 heterocycles. The van der Waals surface area contributed by atoms with E-state index in [1.807, 2.05) is 0 Å². The van der Waals surface area contributed by atoms with Gasteiger partial charge in [0.25, 0.3) is 0 Å². The minimum Gasteiger partial charge on any atom is -0.352 e. The minimum atomic E-state index is 0.261. The van der Waals surface area contributed by atoms with E-state index in [9.17, 15) is 4.79 Å². The molecule has 1 aliphatic carbocycles. The predicted octanol–water partition coefficient (Wildman–Crippen LogP) is 2.55. The average molecular weight is 378 g/mol. The Morgan fingerprint density at radius 3 is 2.85 bits per heavy atom. The summed E-state index contributed by atoms with van der Waals surface area (Å²) < 4.78 is 0. The Kier molecular flexibility index (Phi) is 6.88. The van der Waals surface area contributed by atoms with Crippen molar-refractivity contribution in [2.24, 2.45) is 10.9 Å². The number of likely N-dealkylation sites (tertiary alicyclic amines) is 1. The Labute approximate surface area is 160 Å². The van der Waals surface area contributed by atoms with Gasteiger partial charge in [-0.25, -0.2) is 4.98 Å². The van der Waals surface area contributed by atoms with Crippen LogP contribution in [0.1, 0.15) is 56.2 Å². The molecule has 26 heavy (non-hydrogen) atoms. The first-order valence-corrected chi connectivity index (χ1v) is 10.8. The van der Waals surface area contributed by atoms with Gasteiger partial charge in [0.1, 0.15) is 0 Å². The number of rotatable bonds is 5. The van der Waals surface area contributed by atoms with Crippen molar-refractivity contribution in [3.63, 3.8) is 0 Å². The number of hydrogen-bond donors (Lipinski definition) is 2. The van der Waals surface area contributed by atoms with Crippen LogP contribution in [0.5, 0.6) is 0 Å². The molecule has 1 unspecified atom stereocenters. The van der Waals surface area contributed by atoms with Crippen LogP contribution < -0.4 is 10.6 Å². The summed E-state index contributed by atoms with van der Waals surface area (Å²) in [6.45, 7) is 4.44. The smallest absolute Gasteiger partial charge is 0.225 e. The van der Waals surface area contributed by atoms with Crippen molar-refractivity contribution >= 4 is 23.2 Å². The zero-order chi connectivity index (χ0) is 18.4. The highest BCUT2D eigenvalue weighted by molar-refractivity contribution is 7.09. The van der Waals surface area contributed by atoms with Crippen molar-refractivity contribution in [2.45, 2.75) is 64.5 Å². The summed E-state index contributed by atoms with van der Waals surface area (Å²) in [5.41, 5.74) is 1.05. The van der Waals surface area contributed by atoms with Crippen LogP contribution in [0, 0.1) is 5.92 Å². The van der Waals surface area contributed by atoms with E-state index in [-0.39, 0.29) is 12.0 Å². The summed E-state index contributed by atoms with van der Waals surface area (Å²) in [5.74, 6) is 1.41. The van der Waals surface area contributed by atoms with E-state index in [1.54, 1.807) is 18.4 Å². The molecule has 0 spiro atoms. The van der Waals surface area contributed by atoms with Crippen LogP contribution in [-0.4, -0.2) is 47.9 Å². The van der Waals surface area contributed by atoms with Gasteiger partial charge in [0.2, 0.25) is 5.91 Å². The van der Waals surface area contributed by atoms with Crippen LogP contribution in [0.25, 0.3) is 0 Å². The zero-order valence-electron chi connectivity index (χ0n) is 16.0. The number of nitrogens with one attached hydrogen (secondary N) is 2. The normalized spacial score (nSPS) is 21.8. The topological polar surface area (TPSA) is 69.6 Å². The Bertz CT molecular complexity index is 623. The van der Waals surface area contributed by atoms with Gasteiger partial charge in [-0.2, -0.15) is 0 Å². The number of aliphatic imine (C=N–C) groups is 1. The lowest BCUT2D eigenvalue weighted by Gasteiger charge is -2.26. The molecule has 0 radical (unpaired) electrons. The molecule has 1 aromatic heterocycles. The van der Waals surface area contributed by atoms with Crippen LogP contribution in [0.4, 0.5) is 0 Å². The van der Waals surface area contributed by atoms with E-state index in [1.165, 1.54) is 19.3 Å². The lowest BCUT2D eigenvalue weighted by Crippen LogP contribution is -2.45. The maximum absolute atomic E-state index is 12.7. The third kappa shape index (κ3) is 4.96. The van der Waals surface area contributed by atoms with Gasteiger partial charge in [0, 0.05) is 37.5 Å². The molecule has 7 heteroatoms. The first kappa shape index (κ1) is 19.1. The largest absolute Gasteiger partial charge is 0.352 e. The van der Waals surface area contributed by atoms with Crippen LogP contribution in [-0.2, 0) is 17.8 Å². The number of carbonyl (C=O) groups excluding carboxylic acids is 1. The number of guanidine groups is 1. The van der Waals surface area contributed by atoms with Gasteiger partial charge in [-0.1, -0.05) is 26.2 Å². The predicted molar refractivity (Wildman–Crippen MR) is 106 cm³/mol. The number of carbonyl (C=O) groups is 1. The summed E-state index contributed by atoms with van der Waals surface area (Å²) in [7, 11) is 1.79. The maximum atomic E-state index is 12.7. The summed E-state index contributed by atoms with van der Waals surface area (Å²) in [6.07, 6.45) is 7.81. The first-order valence-electron chi connectivity index (χ1n) is 9.88. The van der Waals surface area contributed by atoms with Gasteiger partial charge in [-0.05, 0) is 25.7 Å². The number of aromatic nitrogens is 1. The number of amides is 1. The van der Waals surface area contributed by atoms with Gasteiger partial charge >= 0.3 is 0 Å². The Hall–Kier alpha value is -1.63. The first-order chi connectivity index (χ1) is 12.7. The molecule has 1 aliphatic heterocycles. The summed E-state index contributed by atoms with van der Waals surface area (Å²) in [6, 6.07) is 0.273. The summed E-state index contributed by atoms with van der Waals surface area (Å²) >= 11 is 1.70. The van der Waals surface area contributed by atoms with Crippen molar-refractivity contribution in [2.75, 3.05) is 20.1 Å². The van der Waals surface area contributed by atoms with Gasteiger partial charge in [-0.3, -0.25) is 9.79 Å². The summed E-state index contributed by atoms with van der Waals surface area (Å²) in [4.78, 5) is 23.6. The fourth-order valence-corrected chi connectivity index (χ4v) is 4.59. The van der Waals surface area contributed by atoms with E-state index in [0.29, 0.717) is 12.5 Å². The van der Waals surface area contributed by atoms with Crippen molar-refractivity contribution in [1.29, 1.82) is 0 Å². The van der Waals surface area contributed by atoms with Crippen molar-refractivity contribution in [3.8, 4) is 0 Å². The average Bonchev–Trinajstić information content (AvgIpc) is 3.34. The molecule has 6 nitrogen and oxygen atoms in total. The molecule has 1 saturated carbocycles. The molecule has 1 saturated heterocycles. The van der Waals surface area contributed by atoms with E-state index < -0.39 is 0 Å². The van der Waals surface area contributed by atoms with Crippen molar-refractivity contribution in [3.05, 3.63) is 16.1 Å². The molecule has 1 atom stereocenters. The molecule has 2 fully saturated rings. The molecule has 3 rings (SSSR count). The molecule has 144 valence electrons. The molecule has 0 aromatic carbocycles.